The summed E-state index contributed by atoms with van der Waals surface area (Å²) in [6.45, 7) is 19.0. The number of rotatable bonds is 19. The fraction of sp³-hybridized carbons (Fsp3) is 0.810. The van der Waals surface area contributed by atoms with Gasteiger partial charge < -0.3 is 0 Å². The van der Waals surface area contributed by atoms with Gasteiger partial charge in [0.15, 0.2) is 0 Å². The van der Waals surface area contributed by atoms with E-state index in [0.717, 1.165) is 26.2 Å². The minimum atomic E-state index is 0.969. The molecule has 0 atom stereocenters. The second kappa shape index (κ2) is 18.7. The first-order valence-electron chi connectivity index (χ1n) is 10.3. The SMILES string of the molecule is C=CCN(CC=C)CCCCCN[NH+](CCCCC)CCCCC. The molecule has 3 heteroatoms. The van der Waals surface area contributed by atoms with Crippen LogP contribution in [0.1, 0.15) is 71.6 Å². The Hall–Kier alpha value is -0.640. The number of unbranched alkanes of at least 4 members (excludes halogenated alkanes) is 6. The van der Waals surface area contributed by atoms with E-state index >= 15 is 0 Å². The molecule has 0 aliphatic carbocycles. The molecule has 0 radical (unpaired) electrons. The van der Waals surface area contributed by atoms with Crippen LogP contribution in [-0.2, 0) is 0 Å². The van der Waals surface area contributed by atoms with Crippen LogP contribution in [0.3, 0.4) is 0 Å². The van der Waals surface area contributed by atoms with E-state index in [9.17, 15) is 0 Å². The molecule has 0 amide bonds. The highest BCUT2D eigenvalue weighted by Crippen LogP contribution is 1.99. The van der Waals surface area contributed by atoms with Crippen LogP contribution in [-0.4, -0.2) is 44.2 Å². The lowest BCUT2D eigenvalue weighted by Crippen LogP contribution is -3.18. The Balaban J connectivity index is 3.78. The second-order valence-electron chi connectivity index (χ2n) is 6.84. The van der Waals surface area contributed by atoms with Crippen LogP contribution >= 0.6 is 0 Å². The normalized spacial score (nSPS) is 11.3. The molecule has 3 nitrogen and oxygen atoms in total. The molecule has 0 rings (SSSR count). The summed E-state index contributed by atoms with van der Waals surface area (Å²) >= 11 is 0. The zero-order valence-corrected chi connectivity index (χ0v) is 16.6. The van der Waals surface area contributed by atoms with Crippen molar-refractivity contribution in [2.75, 3.05) is 39.3 Å². The molecule has 0 spiro atoms. The van der Waals surface area contributed by atoms with Crippen LogP contribution in [0.5, 0.6) is 0 Å². The van der Waals surface area contributed by atoms with Crippen LogP contribution in [0, 0.1) is 0 Å². The monoisotopic (exact) mass is 338 g/mol. The molecule has 0 aromatic carbocycles. The Morgan fingerprint density at radius 1 is 0.792 bits per heavy atom. The fourth-order valence-electron chi connectivity index (χ4n) is 3.00. The molecule has 0 aromatic heterocycles. The summed E-state index contributed by atoms with van der Waals surface area (Å²) in [7, 11) is 0. The molecule has 2 N–H and O–H groups in total. The first-order valence-corrected chi connectivity index (χ1v) is 10.3. The van der Waals surface area contributed by atoms with Crippen molar-refractivity contribution in [3.63, 3.8) is 0 Å². The van der Waals surface area contributed by atoms with E-state index in [4.69, 9.17) is 0 Å². The van der Waals surface area contributed by atoms with Gasteiger partial charge in [-0.15, -0.1) is 13.2 Å². The van der Waals surface area contributed by atoms with Gasteiger partial charge in [-0.25, -0.2) is 0 Å². The maximum absolute atomic E-state index is 3.83. The van der Waals surface area contributed by atoms with Crippen LogP contribution in [0.4, 0.5) is 0 Å². The van der Waals surface area contributed by atoms with Gasteiger partial charge in [0.25, 0.3) is 0 Å². The highest BCUT2D eigenvalue weighted by atomic mass is 15.5. The average Bonchev–Trinajstić information content (AvgIpc) is 2.58. The van der Waals surface area contributed by atoms with E-state index in [2.05, 4.69) is 37.3 Å². The predicted molar refractivity (Wildman–Crippen MR) is 108 cm³/mol. The highest BCUT2D eigenvalue weighted by Gasteiger charge is 2.07. The van der Waals surface area contributed by atoms with Gasteiger partial charge in [-0.3, -0.25) is 9.91 Å². The van der Waals surface area contributed by atoms with E-state index in [-0.39, 0.29) is 0 Å². The van der Waals surface area contributed by atoms with Gasteiger partial charge in [0, 0.05) is 19.6 Å². The quantitative estimate of drug-likeness (QED) is 0.213. The third kappa shape index (κ3) is 14.9. The summed E-state index contributed by atoms with van der Waals surface area (Å²) in [5, 5.41) is 1.61. The molecule has 0 aliphatic rings. The lowest BCUT2D eigenvalue weighted by atomic mass is 10.2. The first kappa shape index (κ1) is 23.4. The van der Waals surface area contributed by atoms with Gasteiger partial charge in [0.05, 0.1) is 13.1 Å². The Morgan fingerprint density at radius 3 is 1.88 bits per heavy atom. The molecule has 24 heavy (non-hydrogen) atoms. The third-order valence-electron chi connectivity index (χ3n) is 4.46. The topological polar surface area (TPSA) is 19.7 Å². The van der Waals surface area contributed by atoms with Gasteiger partial charge in [0.2, 0.25) is 0 Å². The Morgan fingerprint density at radius 2 is 1.38 bits per heavy atom. The predicted octanol–water partition coefficient (Wildman–Crippen LogP) is 3.60. The van der Waals surface area contributed by atoms with Crippen molar-refractivity contribution in [2.24, 2.45) is 0 Å². The Kier molecular flexibility index (Phi) is 18.2. The van der Waals surface area contributed by atoms with Crippen LogP contribution in [0.2, 0.25) is 0 Å². The van der Waals surface area contributed by atoms with Gasteiger partial charge in [-0.1, -0.05) is 45.3 Å². The average molecular weight is 339 g/mol. The highest BCUT2D eigenvalue weighted by molar-refractivity contribution is 4.79. The van der Waals surface area contributed by atoms with Gasteiger partial charge >= 0.3 is 0 Å². The summed E-state index contributed by atoms with van der Waals surface area (Å²) in [6, 6.07) is 0. The minimum Gasteiger partial charge on any atom is -0.296 e. The molecule has 0 aliphatic heterocycles. The Bertz CT molecular complexity index is 258. The van der Waals surface area contributed by atoms with Crippen molar-refractivity contribution < 1.29 is 5.01 Å². The van der Waals surface area contributed by atoms with Crippen molar-refractivity contribution in [2.45, 2.75) is 71.6 Å². The second-order valence-corrected chi connectivity index (χ2v) is 6.84. The van der Waals surface area contributed by atoms with E-state index in [0.29, 0.717) is 0 Å². The molecule has 0 bridgehead atoms. The lowest BCUT2D eigenvalue weighted by Gasteiger charge is -2.20. The maximum Gasteiger partial charge on any atom is 0.0945 e. The van der Waals surface area contributed by atoms with Gasteiger partial charge in [0.1, 0.15) is 0 Å². The molecule has 0 saturated heterocycles. The molecule has 0 aromatic rings. The van der Waals surface area contributed by atoms with E-state index < -0.39 is 0 Å². The van der Waals surface area contributed by atoms with Gasteiger partial charge in [-0.05, 0) is 45.1 Å². The zero-order valence-electron chi connectivity index (χ0n) is 16.6. The number of nitrogens with zero attached hydrogens (tertiary/aromatic N) is 1. The molecule has 0 fully saturated rings. The van der Waals surface area contributed by atoms with Crippen LogP contribution < -0.4 is 10.4 Å². The van der Waals surface area contributed by atoms with Gasteiger partial charge in [-0.2, -0.15) is 5.43 Å². The van der Waals surface area contributed by atoms with Crippen molar-refractivity contribution >= 4 is 0 Å². The summed E-state index contributed by atoms with van der Waals surface area (Å²) in [5.74, 6) is 0. The zero-order chi connectivity index (χ0) is 17.9. The summed E-state index contributed by atoms with van der Waals surface area (Å²) in [5.41, 5.74) is 3.75. The maximum atomic E-state index is 3.83. The Labute approximate surface area is 152 Å². The van der Waals surface area contributed by atoms with Crippen molar-refractivity contribution in [3.8, 4) is 0 Å². The lowest BCUT2D eigenvalue weighted by molar-refractivity contribution is -0.945. The largest absolute Gasteiger partial charge is 0.296 e. The minimum absolute atomic E-state index is 0.969. The molecule has 0 saturated carbocycles. The summed E-state index contributed by atoms with van der Waals surface area (Å²) in [4.78, 5) is 2.40. The van der Waals surface area contributed by atoms with Crippen molar-refractivity contribution in [1.29, 1.82) is 0 Å². The van der Waals surface area contributed by atoms with Crippen molar-refractivity contribution in [3.05, 3.63) is 25.3 Å². The van der Waals surface area contributed by atoms with Crippen LogP contribution in [0.25, 0.3) is 0 Å². The number of nitrogens with one attached hydrogen (secondary N) is 2. The number of hydrogen-bond donors (Lipinski definition) is 2. The van der Waals surface area contributed by atoms with E-state index in [1.54, 1.807) is 5.01 Å². The molecule has 0 unspecified atom stereocenters. The molecule has 142 valence electrons. The van der Waals surface area contributed by atoms with E-state index in [1.807, 2.05) is 12.2 Å². The molecular weight excluding hydrogens is 294 g/mol. The van der Waals surface area contributed by atoms with E-state index in [1.165, 1.54) is 70.9 Å². The summed E-state index contributed by atoms with van der Waals surface area (Å²) in [6.07, 6.45) is 15.9. The standard InChI is InChI=1S/C21H43N3/c1-5-9-13-20-24(21-14-10-6-2)22-16-12-11-15-19-23(17-7-3)18-8-4/h7-8,22H,3-6,9-21H2,1-2H3/p+1. The third-order valence-corrected chi connectivity index (χ3v) is 4.46. The molecular formula is C21H44N3+. The van der Waals surface area contributed by atoms with Crippen molar-refractivity contribution in [1.82, 2.24) is 10.3 Å². The summed E-state index contributed by atoms with van der Waals surface area (Å²) < 4.78 is 0. The first-order chi connectivity index (χ1) is 11.8. The van der Waals surface area contributed by atoms with Crippen LogP contribution in [0.15, 0.2) is 25.3 Å². The fourth-order valence-corrected chi connectivity index (χ4v) is 3.00. The smallest absolute Gasteiger partial charge is 0.0945 e. The number of hydrogen-bond acceptors (Lipinski definition) is 2. The number of quaternary nitrogens is 1. The molecule has 0 heterocycles.